The summed E-state index contributed by atoms with van der Waals surface area (Å²) >= 11 is 0. The maximum Gasteiger partial charge on any atom is 0.408 e. The Bertz CT molecular complexity index is 692. The third kappa shape index (κ3) is 3.49. The molecule has 0 aromatic heterocycles. The van der Waals surface area contributed by atoms with E-state index >= 15 is 0 Å². The fraction of sp³-hybridized carbons (Fsp3) is 0.500. The van der Waals surface area contributed by atoms with Crippen LogP contribution in [-0.4, -0.2) is 48.3 Å². The zero-order chi connectivity index (χ0) is 18.2. The lowest BCUT2D eigenvalue weighted by Gasteiger charge is -2.40. The fourth-order valence-corrected chi connectivity index (χ4v) is 3.19. The molecule has 3 rings (SSSR count). The molecule has 2 atom stereocenters. The Labute approximate surface area is 141 Å². The summed E-state index contributed by atoms with van der Waals surface area (Å²) in [6, 6.07) is 2.10. The van der Waals surface area contributed by atoms with Crippen molar-refractivity contribution >= 4 is 11.8 Å². The molecule has 1 N–H and O–H groups in total. The number of nitrogens with one attached hydrogen (secondary N) is 1. The number of hydrogen-bond acceptors (Lipinski definition) is 4. The van der Waals surface area contributed by atoms with Crippen LogP contribution in [0.5, 0.6) is 11.5 Å². The van der Waals surface area contributed by atoms with Crippen LogP contribution in [0.2, 0.25) is 0 Å². The molecule has 1 saturated heterocycles. The number of rotatable bonds is 2. The minimum Gasteiger partial charge on any atom is -0.454 e. The second-order valence-electron chi connectivity index (χ2n) is 6.03. The lowest BCUT2D eigenvalue weighted by molar-refractivity contribution is -0.184. The number of halogens is 3. The Morgan fingerprint density at radius 2 is 2.00 bits per heavy atom. The van der Waals surface area contributed by atoms with E-state index in [-0.39, 0.29) is 43.4 Å². The lowest BCUT2D eigenvalue weighted by atomic mass is 9.96. The van der Waals surface area contributed by atoms with Gasteiger partial charge in [-0.25, -0.2) is 0 Å². The summed E-state index contributed by atoms with van der Waals surface area (Å²) in [4.78, 5) is 24.8. The summed E-state index contributed by atoms with van der Waals surface area (Å²) in [7, 11) is 0. The maximum atomic E-state index is 13.4. The summed E-state index contributed by atoms with van der Waals surface area (Å²) in [6.07, 6.45) is -4.67. The van der Waals surface area contributed by atoms with Gasteiger partial charge >= 0.3 is 6.18 Å². The molecule has 2 aliphatic rings. The number of nitrogens with zero attached hydrogens (tertiary/aromatic N) is 1. The summed E-state index contributed by atoms with van der Waals surface area (Å²) in [5, 5.41) is 2.59. The van der Waals surface area contributed by atoms with Crippen molar-refractivity contribution in [3.63, 3.8) is 0 Å². The Hall–Kier alpha value is -2.45. The van der Waals surface area contributed by atoms with E-state index < -0.39 is 24.2 Å². The highest BCUT2D eigenvalue weighted by atomic mass is 19.4. The molecular formula is C16H17F3N2O4. The summed E-state index contributed by atoms with van der Waals surface area (Å²) < 4.78 is 50.6. The van der Waals surface area contributed by atoms with Gasteiger partial charge in [-0.3, -0.25) is 9.59 Å². The number of alkyl halides is 3. The zero-order valence-corrected chi connectivity index (χ0v) is 13.4. The second kappa shape index (κ2) is 6.45. The first-order valence-electron chi connectivity index (χ1n) is 7.80. The van der Waals surface area contributed by atoms with Crippen LogP contribution >= 0.6 is 0 Å². The van der Waals surface area contributed by atoms with Crippen molar-refractivity contribution in [1.29, 1.82) is 0 Å². The second-order valence-corrected chi connectivity index (χ2v) is 6.03. The normalized spacial score (nSPS) is 22.6. The third-order valence-corrected chi connectivity index (χ3v) is 4.25. The van der Waals surface area contributed by atoms with E-state index in [0.717, 1.165) is 4.90 Å². The number of likely N-dealkylation sites (tertiary alicyclic amines) is 1. The van der Waals surface area contributed by atoms with E-state index in [1.807, 2.05) is 0 Å². The molecule has 1 fully saturated rings. The average molecular weight is 358 g/mol. The zero-order valence-electron chi connectivity index (χ0n) is 13.4. The molecule has 6 nitrogen and oxygen atoms in total. The number of ether oxygens (including phenoxy) is 2. The lowest BCUT2D eigenvalue weighted by Crippen LogP contribution is -2.58. The van der Waals surface area contributed by atoms with E-state index in [2.05, 4.69) is 5.32 Å². The van der Waals surface area contributed by atoms with Crippen LogP contribution < -0.4 is 14.8 Å². The number of fused-ring (bicyclic) bond motifs is 1. The van der Waals surface area contributed by atoms with E-state index in [0.29, 0.717) is 5.75 Å². The molecule has 2 unspecified atom stereocenters. The molecule has 136 valence electrons. The minimum absolute atomic E-state index is 0.0210. The Balaban J connectivity index is 1.90. The molecule has 25 heavy (non-hydrogen) atoms. The Kier molecular flexibility index (Phi) is 4.49. The molecule has 0 radical (unpaired) electrons. The standard InChI is InChI=1S/C16H17F3N2O4/c1-9(22)20-10-5-6-13(16(17,18)19)21(7-10)15(23)11-3-2-4-12-14(11)25-8-24-12/h2-4,10,13H,5-8H2,1H3,(H,20,22). The van der Waals surface area contributed by atoms with Crippen molar-refractivity contribution in [3.05, 3.63) is 23.8 Å². The summed E-state index contributed by atoms with van der Waals surface area (Å²) in [6.45, 7) is 0.987. The van der Waals surface area contributed by atoms with Gasteiger partial charge in [-0.05, 0) is 25.0 Å². The van der Waals surface area contributed by atoms with E-state index in [1.165, 1.54) is 19.1 Å². The Morgan fingerprint density at radius 1 is 1.24 bits per heavy atom. The summed E-state index contributed by atoms with van der Waals surface area (Å²) in [5.74, 6) is -0.667. The van der Waals surface area contributed by atoms with Gasteiger partial charge in [-0.2, -0.15) is 13.2 Å². The van der Waals surface area contributed by atoms with E-state index in [1.54, 1.807) is 6.07 Å². The number of amides is 2. The number of carbonyl (C=O) groups is 2. The van der Waals surface area contributed by atoms with Crippen LogP contribution in [0.1, 0.15) is 30.1 Å². The molecule has 9 heteroatoms. The number of carbonyl (C=O) groups excluding carboxylic acids is 2. The molecule has 0 aliphatic carbocycles. The first kappa shape index (κ1) is 17.4. The van der Waals surface area contributed by atoms with Crippen LogP contribution in [0.25, 0.3) is 0 Å². The quantitative estimate of drug-likeness (QED) is 0.879. The van der Waals surface area contributed by atoms with Crippen LogP contribution in [0, 0.1) is 0 Å². The molecule has 2 heterocycles. The van der Waals surface area contributed by atoms with Gasteiger partial charge in [0.05, 0.1) is 5.56 Å². The molecule has 2 amide bonds. The largest absolute Gasteiger partial charge is 0.454 e. The average Bonchev–Trinajstić information content (AvgIpc) is 3.01. The fourth-order valence-electron chi connectivity index (χ4n) is 3.19. The highest BCUT2D eigenvalue weighted by Gasteiger charge is 2.48. The van der Waals surface area contributed by atoms with Crippen molar-refractivity contribution in [1.82, 2.24) is 10.2 Å². The van der Waals surface area contributed by atoms with Crippen molar-refractivity contribution in [3.8, 4) is 11.5 Å². The molecule has 1 aromatic rings. The third-order valence-electron chi connectivity index (χ3n) is 4.25. The predicted octanol–water partition coefficient (Wildman–Crippen LogP) is 2.09. The maximum absolute atomic E-state index is 13.4. The van der Waals surface area contributed by atoms with Crippen LogP contribution in [0.3, 0.4) is 0 Å². The van der Waals surface area contributed by atoms with E-state index in [9.17, 15) is 22.8 Å². The first-order chi connectivity index (χ1) is 11.8. The number of piperidine rings is 1. The van der Waals surface area contributed by atoms with Gasteiger partial charge < -0.3 is 19.7 Å². The van der Waals surface area contributed by atoms with Crippen LogP contribution in [0.4, 0.5) is 13.2 Å². The molecule has 2 aliphatic heterocycles. The van der Waals surface area contributed by atoms with Gasteiger partial charge in [-0.1, -0.05) is 6.07 Å². The molecule has 0 spiro atoms. The minimum atomic E-state index is -4.55. The van der Waals surface area contributed by atoms with Crippen molar-refractivity contribution in [2.24, 2.45) is 0 Å². The van der Waals surface area contributed by atoms with Crippen LogP contribution in [-0.2, 0) is 4.79 Å². The van der Waals surface area contributed by atoms with Gasteiger partial charge in [0.15, 0.2) is 11.5 Å². The van der Waals surface area contributed by atoms with Gasteiger partial charge in [0.2, 0.25) is 12.7 Å². The molecular weight excluding hydrogens is 341 g/mol. The highest BCUT2D eigenvalue weighted by molar-refractivity contribution is 5.98. The van der Waals surface area contributed by atoms with Crippen molar-refractivity contribution < 1.29 is 32.2 Å². The monoisotopic (exact) mass is 358 g/mol. The van der Waals surface area contributed by atoms with Gasteiger partial charge in [0.1, 0.15) is 6.04 Å². The van der Waals surface area contributed by atoms with E-state index in [4.69, 9.17) is 9.47 Å². The van der Waals surface area contributed by atoms with Crippen LogP contribution in [0.15, 0.2) is 18.2 Å². The summed E-state index contributed by atoms with van der Waals surface area (Å²) in [5.41, 5.74) is 0.0210. The van der Waals surface area contributed by atoms with Gasteiger partial charge in [-0.15, -0.1) is 0 Å². The molecule has 0 saturated carbocycles. The molecule has 0 bridgehead atoms. The number of para-hydroxylation sites is 1. The van der Waals surface area contributed by atoms with Crippen molar-refractivity contribution in [2.45, 2.75) is 38.0 Å². The predicted molar refractivity (Wildman–Crippen MR) is 80.3 cm³/mol. The Morgan fingerprint density at radius 3 is 2.68 bits per heavy atom. The SMILES string of the molecule is CC(=O)NC1CCC(C(F)(F)F)N(C(=O)c2cccc3c2OCO3)C1. The first-order valence-corrected chi connectivity index (χ1v) is 7.80. The number of hydrogen-bond donors (Lipinski definition) is 1. The molecule has 1 aromatic carbocycles. The smallest absolute Gasteiger partial charge is 0.408 e. The topological polar surface area (TPSA) is 67.9 Å². The van der Waals surface area contributed by atoms with Gasteiger partial charge in [0.25, 0.3) is 5.91 Å². The highest BCUT2D eigenvalue weighted by Crippen LogP contribution is 2.38. The van der Waals surface area contributed by atoms with Crippen molar-refractivity contribution in [2.75, 3.05) is 13.3 Å². The van der Waals surface area contributed by atoms with Gasteiger partial charge in [0, 0.05) is 19.5 Å². The number of benzene rings is 1.